The Bertz CT molecular complexity index is 522. The van der Waals surface area contributed by atoms with E-state index in [0.29, 0.717) is 0 Å². The van der Waals surface area contributed by atoms with Crippen molar-refractivity contribution >= 4 is 5.96 Å². The van der Waals surface area contributed by atoms with Gasteiger partial charge in [-0.1, -0.05) is 30.3 Å². The van der Waals surface area contributed by atoms with Gasteiger partial charge < -0.3 is 15.1 Å². The molecule has 4 nitrogen and oxygen atoms in total. The van der Waals surface area contributed by atoms with Gasteiger partial charge >= 0.3 is 0 Å². The van der Waals surface area contributed by atoms with Crippen LogP contribution in [0.15, 0.2) is 35.3 Å². The van der Waals surface area contributed by atoms with E-state index in [9.17, 15) is 0 Å². The number of nitrogens with zero attached hydrogens (tertiary/aromatic N) is 3. The molecule has 4 heteroatoms. The highest BCUT2D eigenvalue weighted by molar-refractivity contribution is 5.80. The van der Waals surface area contributed by atoms with Crippen LogP contribution in [0.2, 0.25) is 0 Å². The molecule has 0 spiro atoms. The molecule has 1 unspecified atom stereocenters. The highest BCUT2D eigenvalue weighted by atomic mass is 15.3. The van der Waals surface area contributed by atoms with Crippen LogP contribution < -0.4 is 5.32 Å². The van der Waals surface area contributed by atoms with Gasteiger partial charge in [0.1, 0.15) is 0 Å². The lowest BCUT2D eigenvalue weighted by Gasteiger charge is -2.22. The van der Waals surface area contributed by atoms with Crippen molar-refractivity contribution in [3.63, 3.8) is 0 Å². The van der Waals surface area contributed by atoms with E-state index >= 15 is 0 Å². The number of guanidine groups is 1. The molecule has 1 aromatic carbocycles. The summed E-state index contributed by atoms with van der Waals surface area (Å²) in [4.78, 5) is 9.55. The maximum absolute atomic E-state index is 4.51. The Morgan fingerprint density at radius 3 is 2.68 bits per heavy atom. The second-order valence-electron chi connectivity index (χ2n) is 7.52. The molecule has 1 atom stereocenters. The van der Waals surface area contributed by atoms with Crippen LogP contribution >= 0.6 is 0 Å². The molecule has 0 bridgehead atoms. The summed E-state index contributed by atoms with van der Waals surface area (Å²) in [6.45, 7) is 7.19. The zero-order valence-corrected chi connectivity index (χ0v) is 15.8. The topological polar surface area (TPSA) is 30.9 Å². The van der Waals surface area contributed by atoms with Crippen LogP contribution in [0.4, 0.5) is 0 Å². The SMILES string of the molecule is CN=C(NCCCCN1CCCC1)N1CCC(Cc2ccccc2)C1. The van der Waals surface area contributed by atoms with E-state index in [0.717, 1.165) is 31.5 Å². The molecule has 138 valence electrons. The fraction of sp³-hybridized carbons (Fsp3) is 0.667. The molecule has 3 rings (SSSR count). The molecular formula is C21H34N4. The molecule has 25 heavy (non-hydrogen) atoms. The molecule has 0 saturated carbocycles. The molecule has 2 aliphatic rings. The first-order chi connectivity index (χ1) is 12.3. The Morgan fingerprint density at radius 2 is 1.92 bits per heavy atom. The van der Waals surface area contributed by atoms with Crippen LogP contribution in [0, 0.1) is 5.92 Å². The number of benzene rings is 1. The number of nitrogens with one attached hydrogen (secondary N) is 1. The fourth-order valence-electron chi connectivity index (χ4n) is 4.14. The predicted molar refractivity (Wildman–Crippen MR) is 106 cm³/mol. The van der Waals surface area contributed by atoms with Gasteiger partial charge in [0.15, 0.2) is 5.96 Å². The van der Waals surface area contributed by atoms with Gasteiger partial charge in [0.25, 0.3) is 0 Å². The highest BCUT2D eigenvalue weighted by Crippen LogP contribution is 2.20. The summed E-state index contributed by atoms with van der Waals surface area (Å²) >= 11 is 0. The predicted octanol–water partition coefficient (Wildman–Crippen LogP) is 3.00. The normalized spacial score (nSPS) is 21.9. The molecule has 1 aromatic rings. The van der Waals surface area contributed by atoms with Crippen LogP contribution in [-0.2, 0) is 6.42 Å². The zero-order valence-electron chi connectivity index (χ0n) is 15.8. The first-order valence-corrected chi connectivity index (χ1v) is 10.1. The summed E-state index contributed by atoms with van der Waals surface area (Å²) in [6.07, 6.45) is 7.76. The molecule has 2 fully saturated rings. The summed E-state index contributed by atoms with van der Waals surface area (Å²) in [5.41, 5.74) is 1.46. The number of aliphatic imine (C=N–C) groups is 1. The molecule has 0 aromatic heterocycles. The molecule has 1 N–H and O–H groups in total. The van der Waals surface area contributed by atoms with Gasteiger partial charge in [0.2, 0.25) is 0 Å². The summed E-state index contributed by atoms with van der Waals surface area (Å²) in [5.74, 6) is 1.84. The van der Waals surface area contributed by atoms with E-state index in [2.05, 4.69) is 50.4 Å². The maximum atomic E-state index is 4.51. The summed E-state index contributed by atoms with van der Waals surface area (Å²) in [6, 6.07) is 10.9. The van der Waals surface area contributed by atoms with E-state index in [-0.39, 0.29) is 0 Å². The van der Waals surface area contributed by atoms with Crippen molar-refractivity contribution in [2.24, 2.45) is 10.9 Å². The molecule has 0 amide bonds. The van der Waals surface area contributed by atoms with Gasteiger partial charge in [-0.25, -0.2) is 0 Å². The molecule has 2 aliphatic heterocycles. The van der Waals surface area contributed by atoms with Gasteiger partial charge in [-0.15, -0.1) is 0 Å². The van der Waals surface area contributed by atoms with Crippen LogP contribution in [0.5, 0.6) is 0 Å². The van der Waals surface area contributed by atoms with E-state index in [1.54, 1.807) is 0 Å². The fourth-order valence-corrected chi connectivity index (χ4v) is 4.14. The largest absolute Gasteiger partial charge is 0.356 e. The Balaban J connectivity index is 1.34. The van der Waals surface area contributed by atoms with E-state index in [1.165, 1.54) is 63.7 Å². The van der Waals surface area contributed by atoms with Gasteiger partial charge in [0.05, 0.1) is 0 Å². The number of hydrogen-bond donors (Lipinski definition) is 1. The lowest BCUT2D eigenvalue weighted by molar-refractivity contribution is 0.330. The Kier molecular flexibility index (Phi) is 7.16. The maximum Gasteiger partial charge on any atom is 0.193 e. The van der Waals surface area contributed by atoms with E-state index in [4.69, 9.17) is 0 Å². The van der Waals surface area contributed by atoms with Crippen molar-refractivity contribution in [3.8, 4) is 0 Å². The Labute approximate surface area is 153 Å². The summed E-state index contributed by atoms with van der Waals surface area (Å²) in [5, 5.41) is 3.58. The third-order valence-electron chi connectivity index (χ3n) is 5.55. The molecule has 2 heterocycles. The lowest BCUT2D eigenvalue weighted by atomic mass is 9.99. The number of likely N-dealkylation sites (tertiary alicyclic amines) is 2. The minimum Gasteiger partial charge on any atom is -0.356 e. The Hall–Kier alpha value is -1.55. The van der Waals surface area contributed by atoms with Crippen molar-refractivity contribution in [1.82, 2.24) is 15.1 Å². The second kappa shape index (κ2) is 9.81. The standard InChI is InChI=1S/C21H34N4/c1-22-21(23-12-5-6-13-24-14-7-8-15-24)25-16-11-20(18-25)17-19-9-3-2-4-10-19/h2-4,9-10,20H,5-8,11-18H2,1H3,(H,22,23). The minimum atomic E-state index is 0.746. The monoisotopic (exact) mass is 342 g/mol. The third-order valence-corrected chi connectivity index (χ3v) is 5.55. The van der Waals surface area contributed by atoms with Gasteiger partial charge in [-0.3, -0.25) is 4.99 Å². The van der Waals surface area contributed by atoms with Crippen molar-refractivity contribution in [3.05, 3.63) is 35.9 Å². The molecular weight excluding hydrogens is 308 g/mol. The van der Waals surface area contributed by atoms with Crippen LogP contribution in [0.25, 0.3) is 0 Å². The first-order valence-electron chi connectivity index (χ1n) is 10.1. The third kappa shape index (κ3) is 5.74. The quantitative estimate of drug-likeness (QED) is 0.469. The van der Waals surface area contributed by atoms with Crippen molar-refractivity contribution in [1.29, 1.82) is 0 Å². The first kappa shape index (κ1) is 18.2. The summed E-state index contributed by atoms with van der Waals surface area (Å²) < 4.78 is 0. The van der Waals surface area contributed by atoms with Gasteiger partial charge in [-0.05, 0) is 69.6 Å². The summed E-state index contributed by atoms with van der Waals surface area (Å²) in [7, 11) is 1.91. The smallest absolute Gasteiger partial charge is 0.193 e. The average molecular weight is 343 g/mol. The van der Waals surface area contributed by atoms with Crippen molar-refractivity contribution in [2.75, 3.05) is 46.3 Å². The van der Waals surface area contributed by atoms with Crippen molar-refractivity contribution < 1.29 is 0 Å². The average Bonchev–Trinajstić information content (AvgIpc) is 3.31. The van der Waals surface area contributed by atoms with Crippen LogP contribution in [0.3, 0.4) is 0 Å². The minimum absolute atomic E-state index is 0.746. The number of unbranched alkanes of at least 4 members (excludes halogenated alkanes) is 1. The van der Waals surface area contributed by atoms with E-state index < -0.39 is 0 Å². The zero-order chi connectivity index (χ0) is 17.3. The number of rotatable bonds is 7. The second-order valence-corrected chi connectivity index (χ2v) is 7.52. The highest BCUT2D eigenvalue weighted by Gasteiger charge is 2.24. The van der Waals surface area contributed by atoms with Crippen molar-refractivity contribution in [2.45, 2.75) is 38.5 Å². The molecule has 0 radical (unpaired) electrons. The van der Waals surface area contributed by atoms with Crippen LogP contribution in [-0.4, -0.2) is 62.1 Å². The molecule has 0 aliphatic carbocycles. The van der Waals surface area contributed by atoms with Crippen LogP contribution in [0.1, 0.15) is 37.7 Å². The van der Waals surface area contributed by atoms with Gasteiger partial charge in [0, 0.05) is 26.7 Å². The van der Waals surface area contributed by atoms with E-state index in [1.807, 2.05) is 7.05 Å². The number of hydrogen-bond acceptors (Lipinski definition) is 2. The Morgan fingerprint density at radius 1 is 1.12 bits per heavy atom. The van der Waals surface area contributed by atoms with Gasteiger partial charge in [-0.2, -0.15) is 0 Å². The molecule has 2 saturated heterocycles. The lowest BCUT2D eigenvalue weighted by Crippen LogP contribution is -2.40.